The van der Waals surface area contributed by atoms with Gasteiger partial charge in [-0.05, 0) is 0 Å². The summed E-state index contributed by atoms with van der Waals surface area (Å²) in [5.41, 5.74) is 0. The number of unbranched alkanes of at least 4 members (excludes halogenated alkanes) is 1. The van der Waals surface area contributed by atoms with Gasteiger partial charge in [-0.2, -0.15) is 0 Å². The molecule has 0 aromatic rings. The monoisotopic (exact) mass is 246 g/mol. The Balaban J connectivity index is 2.83. The van der Waals surface area contributed by atoms with E-state index in [1.54, 1.807) is 4.44 Å². The molecule has 0 aliphatic heterocycles. The van der Waals surface area contributed by atoms with Gasteiger partial charge in [0.1, 0.15) is 0 Å². The van der Waals surface area contributed by atoms with E-state index in [1.807, 2.05) is 0 Å². The summed E-state index contributed by atoms with van der Waals surface area (Å²) < 4.78 is 3.03. The molecule has 0 N–H and O–H groups in total. The average molecular weight is 245 g/mol. The molecule has 10 heavy (non-hydrogen) atoms. The molecule has 0 aliphatic carbocycles. The molecule has 0 saturated heterocycles. The normalized spacial score (nSPS) is 11.0. The number of allylic oxidation sites excluding steroid dienone is 2. The zero-order valence-electron chi connectivity index (χ0n) is 7.19. The van der Waals surface area contributed by atoms with Gasteiger partial charge in [-0.25, -0.2) is 0 Å². The molecule has 0 rings (SSSR count). The van der Waals surface area contributed by atoms with Crippen molar-refractivity contribution >= 4 is 21.1 Å². The van der Waals surface area contributed by atoms with Gasteiger partial charge in [0.15, 0.2) is 0 Å². The summed E-state index contributed by atoms with van der Waals surface area (Å²) in [7, 11) is 0. The summed E-state index contributed by atoms with van der Waals surface area (Å²) in [6.45, 7) is 4.48. The van der Waals surface area contributed by atoms with Crippen LogP contribution in [-0.4, -0.2) is 21.1 Å². The van der Waals surface area contributed by atoms with Crippen LogP contribution < -0.4 is 0 Å². The standard InChI is InChI=1S/C5H9.C4H9.Sn/c1-3-5-4-2;1-3-4-2;/h3,5H,1,4H2,2H3;1,3-4H2,2H3;/b5-3-;;. The minimum absolute atomic E-state index is 0.0499. The van der Waals surface area contributed by atoms with Crippen LogP contribution in [0.25, 0.3) is 0 Å². The summed E-state index contributed by atoms with van der Waals surface area (Å²) in [6, 6.07) is 0. The van der Waals surface area contributed by atoms with E-state index in [-0.39, 0.29) is 21.1 Å². The third kappa shape index (κ3) is 8.54. The Morgan fingerprint density at radius 2 is 2.00 bits per heavy atom. The maximum absolute atomic E-state index is 2.38. The van der Waals surface area contributed by atoms with Crippen molar-refractivity contribution in [3.05, 3.63) is 12.2 Å². The van der Waals surface area contributed by atoms with E-state index in [9.17, 15) is 0 Å². The van der Waals surface area contributed by atoms with Crippen LogP contribution in [0.3, 0.4) is 0 Å². The molecule has 0 bridgehead atoms. The van der Waals surface area contributed by atoms with Crippen LogP contribution in [0.1, 0.15) is 33.1 Å². The zero-order chi connectivity index (χ0) is 7.66. The summed E-state index contributed by atoms with van der Waals surface area (Å²) in [5.74, 6) is 0. The molecule has 1 heteroatoms. The number of hydrogen-bond acceptors (Lipinski definition) is 0. The molecule has 0 aromatic carbocycles. The van der Waals surface area contributed by atoms with Gasteiger partial charge in [0.05, 0.1) is 0 Å². The fraction of sp³-hybridized carbons (Fsp3) is 0.778. The summed E-state index contributed by atoms with van der Waals surface area (Å²) in [6.07, 6.45) is 8.76. The summed E-state index contributed by atoms with van der Waals surface area (Å²) in [5, 5.41) is 0. The molecule has 0 aromatic heterocycles. The quantitative estimate of drug-likeness (QED) is 0.382. The Kier molecular flexibility index (Phi) is 10.1. The molecule has 2 radical (unpaired) electrons. The Labute approximate surface area is 75.3 Å². The van der Waals surface area contributed by atoms with Crippen molar-refractivity contribution in [2.24, 2.45) is 0 Å². The van der Waals surface area contributed by atoms with Crippen molar-refractivity contribution in [3.63, 3.8) is 0 Å². The fourth-order valence-corrected chi connectivity index (χ4v) is 3.99. The van der Waals surface area contributed by atoms with Crippen LogP contribution in [0.2, 0.25) is 8.87 Å². The molecular formula is C9H18Sn. The van der Waals surface area contributed by atoms with E-state index in [0.717, 1.165) is 0 Å². The van der Waals surface area contributed by atoms with E-state index in [0.29, 0.717) is 0 Å². The molecule has 0 heterocycles. The van der Waals surface area contributed by atoms with Crippen LogP contribution in [0.4, 0.5) is 0 Å². The molecule has 0 spiro atoms. The van der Waals surface area contributed by atoms with Crippen molar-refractivity contribution in [3.8, 4) is 0 Å². The molecule has 0 aliphatic rings. The van der Waals surface area contributed by atoms with Crippen molar-refractivity contribution < 1.29 is 0 Å². The Bertz CT molecular complexity index is 76.8. The molecule has 0 nitrogen and oxygen atoms in total. The molecule has 0 unspecified atom stereocenters. The number of hydrogen-bond donors (Lipinski definition) is 0. The van der Waals surface area contributed by atoms with Gasteiger partial charge in [0.2, 0.25) is 0 Å². The number of rotatable bonds is 6. The first kappa shape index (κ1) is 10.5. The molecule has 0 fully saturated rings. The van der Waals surface area contributed by atoms with E-state index >= 15 is 0 Å². The Hall–Kier alpha value is 0.539. The van der Waals surface area contributed by atoms with E-state index < -0.39 is 0 Å². The van der Waals surface area contributed by atoms with E-state index in [2.05, 4.69) is 26.0 Å². The zero-order valence-corrected chi connectivity index (χ0v) is 10.0. The Morgan fingerprint density at radius 1 is 1.20 bits per heavy atom. The van der Waals surface area contributed by atoms with Gasteiger partial charge in [-0.1, -0.05) is 0 Å². The second kappa shape index (κ2) is 9.54. The average Bonchev–Trinajstić information content (AvgIpc) is 1.97. The van der Waals surface area contributed by atoms with Crippen LogP contribution in [-0.2, 0) is 0 Å². The van der Waals surface area contributed by atoms with Crippen LogP contribution in [0.5, 0.6) is 0 Å². The third-order valence-corrected chi connectivity index (χ3v) is 4.89. The van der Waals surface area contributed by atoms with Crippen LogP contribution in [0.15, 0.2) is 12.2 Å². The predicted octanol–water partition coefficient (Wildman–Crippen LogP) is 3.29. The minimum atomic E-state index is 0.0499. The van der Waals surface area contributed by atoms with Crippen LogP contribution >= 0.6 is 0 Å². The molecule has 0 saturated carbocycles. The van der Waals surface area contributed by atoms with E-state index in [4.69, 9.17) is 0 Å². The predicted molar refractivity (Wildman–Crippen MR) is 49.7 cm³/mol. The van der Waals surface area contributed by atoms with Crippen LogP contribution in [0, 0.1) is 0 Å². The first-order chi connectivity index (χ1) is 4.91. The molecule has 0 amide bonds. The summed E-state index contributed by atoms with van der Waals surface area (Å²) in [4.78, 5) is 0. The van der Waals surface area contributed by atoms with Crippen molar-refractivity contribution in [1.29, 1.82) is 0 Å². The fourth-order valence-electron chi connectivity index (χ4n) is 0.737. The van der Waals surface area contributed by atoms with Gasteiger partial charge in [-0.15, -0.1) is 0 Å². The van der Waals surface area contributed by atoms with Gasteiger partial charge in [-0.3, -0.25) is 0 Å². The third-order valence-electron chi connectivity index (χ3n) is 1.37. The molecule has 58 valence electrons. The van der Waals surface area contributed by atoms with Crippen molar-refractivity contribution in [2.75, 3.05) is 0 Å². The Morgan fingerprint density at radius 3 is 2.60 bits per heavy atom. The molecule has 0 atom stereocenters. The molecular weight excluding hydrogens is 227 g/mol. The second-order valence-corrected chi connectivity index (χ2v) is 6.46. The second-order valence-electron chi connectivity index (χ2n) is 2.44. The van der Waals surface area contributed by atoms with E-state index in [1.165, 1.54) is 23.7 Å². The topological polar surface area (TPSA) is 0 Å². The van der Waals surface area contributed by atoms with Crippen molar-refractivity contribution in [2.45, 2.75) is 42.0 Å². The summed E-state index contributed by atoms with van der Waals surface area (Å²) >= 11 is 0.0499. The first-order valence-corrected chi connectivity index (χ1v) is 8.31. The first-order valence-electron chi connectivity index (χ1n) is 4.27. The van der Waals surface area contributed by atoms with Gasteiger partial charge < -0.3 is 0 Å². The maximum atomic E-state index is 2.38. The SMILES string of the molecule is CC/C=C\[CH2][Sn][CH2]CCC. The van der Waals surface area contributed by atoms with Gasteiger partial charge >= 0.3 is 75.3 Å². The van der Waals surface area contributed by atoms with Gasteiger partial charge in [0.25, 0.3) is 0 Å². The van der Waals surface area contributed by atoms with Gasteiger partial charge in [0, 0.05) is 0 Å². The van der Waals surface area contributed by atoms with Crippen molar-refractivity contribution in [1.82, 2.24) is 0 Å².